The van der Waals surface area contributed by atoms with Crippen molar-refractivity contribution in [3.05, 3.63) is 54.0 Å². The lowest BCUT2D eigenvalue weighted by Gasteiger charge is -2.37. The molecular formula is C22H23N7O3. The highest BCUT2D eigenvalue weighted by atomic mass is 16.6. The van der Waals surface area contributed by atoms with Crippen LogP contribution in [0.25, 0.3) is 5.65 Å². The second-order valence-electron chi connectivity index (χ2n) is 8.46. The number of aromatic nitrogens is 4. The molecule has 3 aliphatic heterocycles. The van der Waals surface area contributed by atoms with Gasteiger partial charge in [0.2, 0.25) is 0 Å². The second-order valence-corrected chi connectivity index (χ2v) is 8.46. The molecule has 2 aromatic heterocycles. The average Bonchev–Trinajstić information content (AvgIpc) is 3.52. The number of anilines is 1. The molecule has 0 saturated carbocycles. The summed E-state index contributed by atoms with van der Waals surface area (Å²) < 4.78 is 12.9. The number of fused-ring (bicyclic) bond motifs is 2. The number of nitrogens with one attached hydrogen (secondary N) is 1. The van der Waals surface area contributed by atoms with E-state index in [0.29, 0.717) is 18.8 Å². The van der Waals surface area contributed by atoms with Crippen molar-refractivity contribution in [2.45, 2.75) is 24.9 Å². The molecular weight excluding hydrogens is 410 g/mol. The molecule has 2 fully saturated rings. The molecule has 164 valence electrons. The summed E-state index contributed by atoms with van der Waals surface area (Å²) >= 11 is 0. The summed E-state index contributed by atoms with van der Waals surface area (Å²) in [5.41, 5.74) is 2.34. The molecule has 1 unspecified atom stereocenters. The third kappa shape index (κ3) is 3.14. The van der Waals surface area contributed by atoms with Crippen LogP contribution in [-0.2, 0) is 15.9 Å². The lowest BCUT2D eigenvalue weighted by Crippen LogP contribution is -2.47. The largest absolute Gasteiger partial charge is 0.497 e. The number of carbonyl (C=O) groups excluding carboxylic acids is 1. The number of carbonyl (C=O) groups is 1. The summed E-state index contributed by atoms with van der Waals surface area (Å²) in [6.07, 6.45) is 13.3. The number of amides is 1. The summed E-state index contributed by atoms with van der Waals surface area (Å²) in [5.74, 6) is 2.50. The van der Waals surface area contributed by atoms with Crippen molar-refractivity contribution in [2.75, 3.05) is 31.6 Å². The number of allylic oxidation sites excluding steroid dienone is 4. The molecule has 1 spiro atoms. The van der Waals surface area contributed by atoms with Gasteiger partial charge in [0.25, 0.3) is 0 Å². The topological polar surface area (TPSA) is 106 Å². The number of hydrogen-bond donors (Lipinski definition) is 1. The Morgan fingerprint density at radius 1 is 1.34 bits per heavy atom. The van der Waals surface area contributed by atoms with Gasteiger partial charge in [0.05, 0.1) is 19.4 Å². The summed E-state index contributed by atoms with van der Waals surface area (Å²) in [6, 6.07) is 0. The Morgan fingerprint density at radius 2 is 2.22 bits per heavy atom. The van der Waals surface area contributed by atoms with Crippen LogP contribution in [0.1, 0.15) is 18.7 Å². The van der Waals surface area contributed by atoms with Gasteiger partial charge in [0.1, 0.15) is 11.4 Å². The third-order valence-electron chi connectivity index (χ3n) is 6.51. The molecule has 1 aliphatic carbocycles. The zero-order valence-corrected chi connectivity index (χ0v) is 17.7. The van der Waals surface area contributed by atoms with E-state index in [4.69, 9.17) is 14.5 Å². The maximum absolute atomic E-state index is 11.5. The van der Waals surface area contributed by atoms with Crippen molar-refractivity contribution in [3.8, 4) is 0 Å². The van der Waals surface area contributed by atoms with E-state index >= 15 is 0 Å². The molecule has 0 bridgehead atoms. The Morgan fingerprint density at radius 3 is 3.00 bits per heavy atom. The Bertz CT molecular complexity index is 1220. The van der Waals surface area contributed by atoms with Gasteiger partial charge in [0.15, 0.2) is 17.3 Å². The minimum absolute atomic E-state index is 0.176. The van der Waals surface area contributed by atoms with Gasteiger partial charge in [-0.05, 0) is 12.2 Å². The Labute approximate surface area is 184 Å². The number of alkyl carbamates (subject to hydrolysis) is 1. The Hall–Kier alpha value is -3.69. The van der Waals surface area contributed by atoms with E-state index in [9.17, 15) is 4.79 Å². The van der Waals surface area contributed by atoms with Crippen LogP contribution in [0.3, 0.4) is 0 Å². The van der Waals surface area contributed by atoms with Crippen LogP contribution in [0, 0.1) is 5.92 Å². The maximum Gasteiger partial charge on any atom is 0.407 e. The highest BCUT2D eigenvalue weighted by molar-refractivity contribution is 6.03. The first-order valence-electron chi connectivity index (χ1n) is 10.8. The first-order chi connectivity index (χ1) is 15.6. The predicted octanol–water partition coefficient (Wildman–Crippen LogP) is 1.80. The van der Waals surface area contributed by atoms with Crippen LogP contribution in [0.4, 0.5) is 10.6 Å². The first kappa shape index (κ1) is 19.0. The van der Waals surface area contributed by atoms with Gasteiger partial charge in [-0.15, -0.1) is 0 Å². The lowest BCUT2D eigenvalue weighted by atomic mass is 9.92. The van der Waals surface area contributed by atoms with Crippen LogP contribution in [0.5, 0.6) is 0 Å². The quantitative estimate of drug-likeness (QED) is 0.784. The third-order valence-corrected chi connectivity index (χ3v) is 6.51. The van der Waals surface area contributed by atoms with Crippen molar-refractivity contribution in [2.24, 2.45) is 10.9 Å². The first-order valence-corrected chi connectivity index (χ1v) is 10.8. The van der Waals surface area contributed by atoms with E-state index in [1.807, 2.05) is 18.5 Å². The van der Waals surface area contributed by atoms with Gasteiger partial charge in [-0.1, -0.05) is 6.08 Å². The molecule has 1 amide bonds. The molecule has 6 rings (SSSR count). The highest BCUT2D eigenvalue weighted by Gasteiger charge is 2.43. The smallest absolute Gasteiger partial charge is 0.407 e. The van der Waals surface area contributed by atoms with Gasteiger partial charge in [0, 0.05) is 62.4 Å². The van der Waals surface area contributed by atoms with E-state index < -0.39 is 5.60 Å². The molecule has 5 heterocycles. The van der Waals surface area contributed by atoms with Crippen LogP contribution >= 0.6 is 0 Å². The number of piperidine rings is 1. The van der Waals surface area contributed by atoms with Gasteiger partial charge < -0.3 is 19.7 Å². The Balaban J connectivity index is 1.25. The molecule has 2 saturated heterocycles. The highest BCUT2D eigenvalue weighted by Crippen LogP contribution is 2.32. The number of aliphatic imine (C=N–C) groups is 1. The number of rotatable bonds is 4. The predicted molar refractivity (Wildman–Crippen MR) is 116 cm³/mol. The minimum Gasteiger partial charge on any atom is -0.497 e. The summed E-state index contributed by atoms with van der Waals surface area (Å²) in [4.78, 5) is 27.5. The van der Waals surface area contributed by atoms with E-state index in [1.54, 1.807) is 17.8 Å². The fourth-order valence-corrected chi connectivity index (χ4v) is 4.76. The zero-order chi connectivity index (χ0) is 21.7. The zero-order valence-electron chi connectivity index (χ0n) is 17.7. The monoisotopic (exact) mass is 433 g/mol. The van der Waals surface area contributed by atoms with Crippen molar-refractivity contribution >= 4 is 23.3 Å². The van der Waals surface area contributed by atoms with E-state index in [-0.39, 0.29) is 12.0 Å². The van der Waals surface area contributed by atoms with E-state index in [1.165, 1.54) is 0 Å². The van der Waals surface area contributed by atoms with Crippen molar-refractivity contribution in [1.82, 2.24) is 24.9 Å². The fourth-order valence-electron chi connectivity index (χ4n) is 4.76. The molecule has 2 aromatic rings. The van der Waals surface area contributed by atoms with Gasteiger partial charge in [-0.2, -0.15) is 5.10 Å². The van der Waals surface area contributed by atoms with Gasteiger partial charge in [-0.3, -0.25) is 4.99 Å². The number of methoxy groups -OCH3 is 1. The molecule has 10 heteroatoms. The number of hydrogen-bond acceptors (Lipinski definition) is 8. The summed E-state index contributed by atoms with van der Waals surface area (Å²) in [6.45, 7) is 2.04. The average molecular weight is 433 g/mol. The molecule has 4 aliphatic rings. The van der Waals surface area contributed by atoms with Crippen molar-refractivity contribution < 1.29 is 14.3 Å². The Kier molecular flexibility index (Phi) is 4.27. The second kappa shape index (κ2) is 7.18. The van der Waals surface area contributed by atoms with Gasteiger partial charge in [-0.25, -0.2) is 19.3 Å². The fraction of sp³-hybridized carbons (Fsp3) is 0.409. The number of ether oxygens (including phenoxy) is 2. The molecule has 1 N–H and O–H groups in total. The maximum atomic E-state index is 11.5. The molecule has 32 heavy (non-hydrogen) atoms. The molecule has 0 radical (unpaired) electrons. The minimum atomic E-state index is -0.399. The van der Waals surface area contributed by atoms with Gasteiger partial charge >= 0.3 is 6.09 Å². The van der Waals surface area contributed by atoms with E-state index in [2.05, 4.69) is 37.4 Å². The lowest BCUT2D eigenvalue weighted by molar-refractivity contribution is 0.0366. The van der Waals surface area contributed by atoms with Crippen LogP contribution in [0.2, 0.25) is 0 Å². The van der Waals surface area contributed by atoms with Crippen LogP contribution in [-0.4, -0.2) is 63.7 Å². The standard InChI is InChI=1S/C22H23N7O3/c1-31-17-11-14-2-5-23-16(14)10-15(17)12-18-26-20-19(24-6-9-29(20)27-18)28-7-3-22(4-8-28)13-25-21(30)32-22/h2,5-6,9-11,14H,3-4,7-8,12-13H2,1H3,(H,25,30). The van der Waals surface area contributed by atoms with E-state index in [0.717, 1.165) is 54.4 Å². The van der Waals surface area contributed by atoms with Crippen LogP contribution in [0.15, 0.2) is 53.1 Å². The van der Waals surface area contributed by atoms with Crippen molar-refractivity contribution in [3.63, 3.8) is 0 Å². The molecule has 1 atom stereocenters. The summed E-state index contributed by atoms with van der Waals surface area (Å²) in [5, 5.41) is 7.45. The van der Waals surface area contributed by atoms with Crippen LogP contribution < -0.4 is 10.2 Å². The number of nitrogens with zero attached hydrogens (tertiary/aromatic N) is 6. The van der Waals surface area contributed by atoms with Crippen molar-refractivity contribution in [1.29, 1.82) is 0 Å². The summed E-state index contributed by atoms with van der Waals surface area (Å²) in [7, 11) is 1.68. The molecule has 0 aromatic carbocycles. The normalized spacial score (nSPS) is 23.5. The SMILES string of the molecule is COC1=CC2C=CN=C2C=C1Cc1nc2c(N3CCC4(CC3)CNC(=O)O4)nccn2n1. The molecule has 10 nitrogen and oxygen atoms in total.